The lowest BCUT2D eigenvalue weighted by molar-refractivity contribution is -0.160. The van der Waals surface area contributed by atoms with Crippen LogP contribution in [0.25, 0.3) is 0 Å². The van der Waals surface area contributed by atoms with Crippen LogP contribution in [-0.2, 0) is 20.7 Å². The van der Waals surface area contributed by atoms with Crippen molar-refractivity contribution in [3.05, 3.63) is 106 Å². The van der Waals surface area contributed by atoms with Crippen molar-refractivity contribution in [1.82, 2.24) is 5.32 Å². The van der Waals surface area contributed by atoms with Gasteiger partial charge in [0.1, 0.15) is 6.10 Å². The van der Waals surface area contributed by atoms with E-state index < -0.39 is 47.6 Å². The second-order valence-electron chi connectivity index (χ2n) is 12.2. The van der Waals surface area contributed by atoms with E-state index in [4.69, 9.17) is 15.2 Å². The molecule has 1 saturated heterocycles. The first-order valence-electron chi connectivity index (χ1n) is 15.8. The van der Waals surface area contributed by atoms with Gasteiger partial charge in [-0.25, -0.2) is 4.79 Å². The highest BCUT2D eigenvalue weighted by Crippen LogP contribution is 2.59. The number of benzene rings is 2. The number of rotatable bonds is 15. The second-order valence-corrected chi connectivity index (χ2v) is 12.2. The zero-order chi connectivity index (χ0) is 32.9. The number of carbonyl (C=O) groups is 3. The zero-order valence-electron chi connectivity index (χ0n) is 26.0. The molecule has 46 heavy (non-hydrogen) atoms. The van der Waals surface area contributed by atoms with Crippen molar-refractivity contribution < 1.29 is 39.2 Å². The van der Waals surface area contributed by atoms with Crippen molar-refractivity contribution in [3.8, 4) is 0 Å². The predicted molar refractivity (Wildman–Crippen MR) is 171 cm³/mol. The molecule has 0 amide bonds. The Labute approximate surface area is 268 Å². The summed E-state index contributed by atoms with van der Waals surface area (Å²) in [6, 6.07) is 15.8. The summed E-state index contributed by atoms with van der Waals surface area (Å²) in [6.07, 6.45) is 3.92. The number of hydrogen-bond acceptors (Lipinski definition) is 10. The van der Waals surface area contributed by atoms with Crippen LogP contribution in [0.4, 0.5) is 0 Å². The van der Waals surface area contributed by atoms with Crippen molar-refractivity contribution in [3.63, 3.8) is 0 Å². The molecule has 4 atom stereocenters. The standard InChI is InChI=1S/C36H42N2O8/c1-23(13-14-25-17-18-38-31(37)20-25)26(22-40)21-35-32(42)27-10-5-6-11-28(27)33(43)36(35,46-35)34(44)45-30(12-7-19-39)29(41)16-15-24-8-3-2-4-9-24/h2-6,8-11,17,20,29-30,38-41H,7,12-16,18-19,21-22,37H2,1H3/b26-23-/t29-,30-,35+,36+/m1/s1. The molecule has 0 bridgehead atoms. The van der Waals surface area contributed by atoms with Crippen LogP contribution >= 0.6 is 0 Å². The van der Waals surface area contributed by atoms with Gasteiger partial charge in [-0.2, -0.15) is 0 Å². The summed E-state index contributed by atoms with van der Waals surface area (Å²) in [7, 11) is 0. The molecular weight excluding hydrogens is 588 g/mol. The highest BCUT2D eigenvalue weighted by Gasteiger charge is 2.85. The Bertz CT molecular complexity index is 1560. The largest absolute Gasteiger partial charge is 0.457 e. The molecule has 244 valence electrons. The minimum Gasteiger partial charge on any atom is -0.457 e. The fourth-order valence-corrected chi connectivity index (χ4v) is 6.42. The molecule has 0 unspecified atom stereocenters. The van der Waals surface area contributed by atoms with Crippen molar-refractivity contribution in [2.24, 2.45) is 5.73 Å². The van der Waals surface area contributed by atoms with Gasteiger partial charge >= 0.3 is 5.97 Å². The monoisotopic (exact) mass is 630 g/mol. The molecule has 0 radical (unpaired) electrons. The van der Waals surface area contributed by atoms with Gasteiger partial charge < -0.3 is 35.8 Å². The Kier molecular flexibility index (Phi) is 10.2. The summed E-state index contributed by atoms with van der Waals surface area (Å²) >= 11 is 0. The van der Waals surface area contributed by atoms with Gasteiger partial charge in [-0.05, 0) is 68.2 Å². The van der Waals surface area contributed by atoms with Gasteiger partial charge in [0, 0.05) is 30.7 Å². The molecule has 3 aliphatic rings. The molecule has 10 heteroatoms. The summed E-state index contributed by atoms with van der Waals surface area (Å²) in [4.78, 5) is 42.2. The van der Waals surface area contributed by atoms with E-state index in [1.807, 2.05) is 49.4 Å². The lowest BCUT2D eigenvalue weighted by atomic mass is 9.71. The highest BCUT2D eigenvalue weighted by molar-refractivity contribution is 6.33. The van der Waals surface area contributed by atoms with Gasteiger partial charge in [-0.15, -0.1) is 0 Å². The normalized spacial score (nSPS) is 23.6. The van der Waals surface area contributed by atoms with Crippen LogP contribution in [0.5, 0.6) is 0 Å². The Balaban J connectivity index is 1.42. The molecule has 0 saturated carbocycles. The summed E-state index contributed by atoms with van der Waals surface area (Å²) in [5.41, 5.74) is 5.26. The number of ketones is 2. The van der Waals surface area contributed by atoms with Gasteiger partial charge in [0.2, 0.25) is 5.78 Å². The number of carbonyl (C=O) groups excluding carboxylic acids is 3. The van der Waals surface area contributed by atoms with Crippen LogP contribution in [0.15, 0.2) is 89.3 Å². The summed E-state index contributed by atoms with van der Waals surface area (Å²) < 4.78 is 11.9. The van der Waals surface area contributed by atoms with Crippen LogP contribution in [0.1, 0.15) is 71.7 Å². The Morgan fingerprint density at radius 3 is 2.39 bits per heavy atom. The molecule has 10 nitrogen and oxygen atoms in total. The average Bonchev–Trinajstić information content (AvgIpc) is 3.78. The lowest BCUT2D eigenvalue weighted by Gasteiger charge is -2.28. The van der Waals surface area contributed by atoms with Crippen molar-refractivity contribution in [1.29, 1.82) is 0 Å². The molecule has 2 aromatic carbocycles. The number of allylic oxidation sites excluding steroid dienone is 3. The van der Waals surface area contributed by atoms with Crippen molar-refractivity contribution in [2.45, 2.75) is 75.3 Å². The van der Waals surface area contributed by atoms with Gasteiger partial charge in [-0.1, -0.05) is 66.2 Å². The first-order chi connectivity index (χ1) is 22.2. The van der Waals surface area contributed by atoms with Crippen LogP contribution < -0.4 is 11.1 Å². The fraction of sp³-hybridized carbons (Fsp3) is 0.417. The van der Waals surface area contributed by atoms with E-state index in [2.05, 4.69) is 5.32 Å². The maximum atomic E-state index is 14.1. The van der Waals surface area contributed by atoms with E-state index in [9.17, 15) is 29.7 Å². The van der Waals surface area contributed by atoms with Crippen LogP contribution in [0, 0.1) is 0 Å². The first kappa shape index (κ1) is 33.3. The smallest absolute Gasteiger partial charge is 0.350 e. The molecule has 5 rings (SSSR count). The van der Waals surface area contributed by atoms with Gasteiger partial charge in [0.15, 0.2) is 11.4 Å². The molecule has 2 heterocycles. The number of ether oxygens (including phenoxy) is 2. The van der Waals surface area contributed by atoms with Gasteiger partial charge in [0.05, 0.1) is 18.5 Å². The lowest BCUT2D eigenvalue weighted by Crippen LogP contribution is -2.52. The number of nitrogens with one attached hydrogen (secondary N) is 1. The summed E-state index contributed by atoms with van der Waals surface area (Å²) in [6.45, 7) is 1.87. The number of Topliss-reactive ketones (excluding diaryl/α,β-unsaturated/α-hetero) is 2. The summed E-state index contributed by atoms with van der Waals surface area (Å²) in [5, 5.41) is 34.1. The third-order valence-corrected chi connectivity index (χ3v) is 9.21. The van der Waals surface area contributed by atoms with Gasteiger partial charge in [-0.3, -0.25) is 9.59 Å². The number of aliphatic hydroxyl groups excluding tert-OH is 3. The Hall–Kier alpha value is -4.09. The number of dihydropyridines is 1. The van der Waals surface area contributed by atoms with E-state index in [1.165, 1.54) is 12.1 Å². The summed E-state index contributed by atoms with van der Waals surface area (Å²) in [5.74, 6) is -1.71. The number of aliphatic hydroxyl groups is 3. The van der Waals surface area contributed by atoms with Gasteiger partial charge in [0.25, 0.3) is 5.60 Å². The predicted octanol–water partition coefficient (Wildman–Crippen LogP) is 3.06. The maximum Gasteiger partial charge on any atom is 0.350 e. The number of hydrogen-bond donors (Lipinski definition) is 5. The third kappa shape index (κ3) is 6.43. The quantitative estimate of drug-likeness (QED) is 0.0853. The van der Waals surface area contributed by atoms with E-state index in [0.717, 1.165) is 16.7 Å². The molecule has 1 aliphatic carbocycles. The average molecular weight is 631 g/mol. The topological polar surface area (TPSA) is 172 Å². The molecule has 2 aromatic rings. The molecule has 1 fully saturated rings. The zero-order valence-corrected chi connectivity index (χ0v) is 26.0. The van der Waals surface area contributed by atoms with E-state index in [0.29, 0.717) is 37.2 Å². The number of esters is 1. The number of nitrogens with two attached hydrogens (primary N) is 1. The van der Waals surface area contributed by atoms with Crippen molar-refractivity contribution >= 4 is 17.5 Å². The minimum atomic E-state index is -2.26. The highest BCUT2D eigenvalue weighted by atomic mass is 16.7. The molecule has 0 spiro atoms. The van der Waals surface area contributed by atoms with Crippen LogP contribution in [-0.4, -0.2) is 76.0 Å². The minimum absolute atomic E-state index is 0.0579. The molecule has 6 N–H and O–H groups in total. The van der Waals surface area contributed by atoms with Crippen LogP contribution in [0.2, 0.25) is 0 Å². The maximum absolute atomic E-state index is 14.1. The van der Waals surface area contributed by atoms with E-state index in [1.54, 1.807) is 12.1 Å². The molecular formula is C36H42N2O8. The first-order valence-corrected chi connectivity index (χ1v) is 15.8. The third-order valence-electron chi connectivity index (χ3n) is 9.21. The SMILES string of the molecule is C/C(CCC1=CCNC(N)=C1)=C(/CO)C[C@@]12O[C@]1(C(=O)O[C@H](CCCO)[C@H](O)CCc1ccccc1)C(=O)c1ccccc1C2=O. The second kappa shape index (κ2) is 14.1. The number of aryl methyl sites for hydroxylation is 1. The van der Waals surface area contributed by atoms with E-state index >= 15 is 0 Å². The van der Waals surface area contributed by atoms with Crippen LogP contribution in [0.3, 0.4) is 0 Å². The van der Waals surface area contributed by atoms with E-state index in [-0.39, 0.29) is 43.4 Å². The molecule has 0 aromatic heterocycles. The fourth-order valence-electron chi connectivity index (χ4n) is 6.42. The Morgan fingerprint density at radius 1 is 1.02 bits per heavy atom. The number of fused-ring (bicyclic) bond motifs is 2. The molecule has 2 aliphatic heterocycles. The Morgan fingerprint density at radius 2 is 1.72 bits per heavy atom. The van der Waals surface area contributed by atoms with Crippen molar-refractivity contribution in [2.75, 3.05) is 19.8 Å². The number of epoxide rings is 1.